The van der Waals surface area contributed by atoms with Crippen LogP contribution in [0.2, 0.25) is 0 Å². The second-order valence-corrected chi connectivity index (χ2v) is 6.41. The van der Waals surface area contributed by atoms with Gasteiger partial charge in [-0.1, -0.05) is 6.92 Å². The number of benzene rings is 1. The Morgan fingerprint density at radius 3 is 2.17 bits per heavy atom. The highest BCUT2D eigenvalue weighted by atomic mass is 19.1. The summed E-state index contributed by atoms with van der Waals surface area (Å²) in [5, 5.41) is 0. The number of alkyl halides is 1. The van der Waals surface area contributed by atoms with Crippen molar-refractivity contribution >= 4 is 0 Å². The second-order valence-electron chi connectivity index (χ2n) is 6.41. The molecule has 0 amide bonds. The van der Waals surface area contributed by atoms with Gasteiger partial charge in [0.15, 0.2) is 6.29 Å². The summed E-state index contributed by atoms with van der Waals surface area (Å²) < 4.78 is 56.9. The van der Waals surface area contributed by atoms with E-state index in [-0.39, 0.29) is 17.6 Å². The number of ether oxygens (including phenoxy) is 3. The fraction of sp³-hybridized carbons (Fsp3) is 0.647. The molecule has 2 atom stereocenters. The van der Waals surface area contributed by atoms with Crippen LogP contribution >= 0.6 is 0 Å². The molecular weight excluding hydrogens is 309 g/mol. The van der Waals surface area contributed by atoms with Gasteiger partial charge in [0, 0.05) is 18.1 Å². The lowest BCUT2D eigenvalue weighted by Gasteiger charge is -2.37. The van der Waals surface area contributed by atoms with Crippen LogP contribution in [0.1, 0.15) is 37.2 Å². The van der Waals surface area contributed by atoms with Crippen LogP contribution in [-0.2, 0) is 20.9 Å². The summed E-state index contributed by atoms with van der Waals surface area (Å²) in [6.07, 6.45) is 1.37. The van der Waals surface area contributed by atoms with E-state index in [0.29, 0.717) is 19.1 Å². The third kappa shape index (κ3) is 3.70. The fourth-order valence-corrected chi connectivity index (χ4v) is 3.09. The van der Waals surface area contributed by atoms with E-state index in [1.807, 2.05) is 0 Å². The Labute approximate surface area is 133 Å². The largest absolute Gasteiger partial charge is 0.377 e. The predicted octanol–water partition coefficient (Wildman–Crippen LogP) is 3.91. The summed E-state index contributed by atoms with van der Waals surface area (Å²) in [7, 11) is 0. The molecule has 3 nitrogen and oxygen atoms in total. The molecule has 2 saturated heterocycles. The first-order valence-electron chi connectivity index (χ1n) is 7.97. The van der Waals surface area contributed by atoms with Gasteiger partial charge in [-0.2, -0.15) is 0 Å². The molecule has 0 bridgehead atoms. The molecule has 2 fully saturated rings. The van der Waals surface area contributed by atoms with E-state index in [4.69, 9.17) is 14.2 Å². The quantitative estimate of drug-likeness (QED) is 0.841. The number of rotatable bonds is 3. The molecule has 128 valence electrons. The molecule has 3 rings (SSSR count). The minimum Gasteiger partial charge on any atom is -0.377 e. The third-order valence-corrected chi connectivity index (χ3v) is 4.56. The standard InChI is InChI=1S/C17H21F3O3/c1-10-2-3-16(21-7-10)12-8-22-17(23-9-12)11-4-14(19)13(6-18)15(20)5-11/h4-5,10,12,16-17H,2-3,6-9H2,1H3. The molecular formula is C17H21F3O3. The van der Waals surface area contributed by atoms with E-state index < -0.39 is 30.2 Å². The number of hydrogen-bond acceptors (Lipinski definition) is 3. The summed E-state index contributed by atoms with van der Waals surface area (Å²) in [5.74, 6) is -1.13. The van der Waals surface area contributed by atoms with Crippen LogP contribution in [0.4, 0.5) is 13.2 Å². The van der Waals surface area contributed by atoms with Gasteiger partial charge >= 0.3 is 0 Å². The lowest BCUT2D eigenvalue weighted by Crippen LogP contribution is -2.39. The molecule has 0 spiro atoms. The third-order valence-electron chi connectivity index (χ3n) is 4.56. The highest BCUT2D eigenvalue weighted by molar-refractivity contribution is 5.26. The molecule has 1 aromatic carbocycles. The van der Waals surface area contributed by atoms with E-state index in [0.717, 1.165) is 31.6 Å². The highest BCUT2D eigenvalue weighted by Gasteiger charge is 2.33. The predicted molar refractivity (Wildman–Crippen MR) is 77.4 cm³/mol. The van der Waals surface area contributed by atoms with Crippen LogP contribution in [0.5, 0.6) is 0 Å². The maximum atomic E-state index is 13.7. The first-order chi connectivity index (χ1) is 11.1. The average molecular weight is 330 g/mol. The van der Waals surface area contributed by atoms with Crippen LogP contribution in [0.15, 0.2) is 12.1 Å². The zero-order valence-electron chi connectivity index (χ0n) is 13.1. The average Bonchev–Trinajstić information content (AvgIpc) is 2.55. The maximum Gasteiger partial charge on any atom is 0.184 e. The molecule has 6 heteroatoms. The van der Waals surface area contributed by atoms with Gasteiger partial charge in [0.05, 0.1) is 24.9 Å². The molecule has 2 heterocycles. The van der Waals surface area contributed by atoms with Gasteiger partial charge in [0.2, 0.25) is 0 Å². The Morgan fingerprint density at radius 1 is 1.00 bits per heavy atom. The van der Waals surface area contributed by atoms with Crippen molar-refractivity contribution < 1.29 is 27.4 Å². The van der Waals surface area contributed by atoms with Crippen molar-refractivity contribution in [2.45, 2.75) is 38.8 Å². The van der Waals surface area contributed by atoms with Crippen LogP contribution in [-0.4, -0.2) is 25.9 Å². The van der Waals surface area contributed by atoms with Crippen molar-refractivity contribution in [3.63, 3.8) is 0 Å². The van der Waals surface area contributed by atoms with Crippen LogP contribution in [0.25, 0.3) is 0 Å². The Hall–Kier alpha value is -1.11. The van der Waals surface area contributed by atoms with Gasteiger partial charge in [-0.25, -0.2) is 13.2 Å². The first kappa shape index (κ1) is 16.7. The molecule has 0 aliphatic carbocycles. The monoisotopic (exact) mass is 330 g/mol. The van der Waals surface area contributed by atoms with Crippen molar-refractivity contribution in [3.8, 4) is 0 Å². The Balaban J connectivity index is 1.61. The lowest BCUT2D eigenvalue weighted by atomic mass is 9.92. The van der Waals surface area contributed by atoms with Crippen LogP contribution < -0.4 is 0 Å². The van der Waals surface area contributed by atoms with E-state index >= 15 is 0 Å². The van der Waals surface area contributed by atoms with Crippen molar-refractivity contribution in [1.82, 2.24) is 0 Å². The molecule has 1 aromatic rings. The van der Waals surface area contributed by atoms with E-state index in [2.05, 4.69) is 6.92 Å². The van der Waals surface area contributed by atoms with Gasteiger partial charge < -0.3 is 14.2 Å². The molecule has 23 heavy (non-hydrogen) atoms. The van der Waals surface area contributed by atoms with Crippen LogP contribution in [0, 0.1) is 23.5 Å². The van der Waals surface area contributed by atoms with Gasteiger partial charge in [0.25, 0.3) is 0 Å². The molecule has 2 aliphatic rings. The van der Waals surface area contributed by atoms with Gasteiger partial charge in [-0.05, 0) is 30.9 Å². The summed E-state index contributed by atoms with van der Waals surface area (Å²) >= 11 is 0. The molecule has 0 N–H and O–H groups in total. The minimum atomic E-state index is -1.18. The summed E-state index contributed by atoms with van der Waals surface area (Å²) in [6, 6.07) is 2.14. The van der Waals surface area contributed by atoms with Crippen molar-refractivity contribution in [2.75, 3.05) is 19.8 Å². The zero-order valence-corrected chi connectivity index (χ0v) is 13.1. The van der Waals surface area contributed by atoms with Crippen molar-refractivity contribution in [1.29, 1.82) is 0 Å². The van der Waals surface area contributed by atoms with E-state index in [1.54, 1.807) is 0 Å². The van der Waals surface area contributed by atoms with Gasteiger partial charge in [0.1, 0.15) is 18.3 Å². The lowest BCUT2D eigenvalue weighted by molar-refractivity contribution is -0.227. The van der Waals surface area contributed by atoms with Gasteiger partial charge in [-0.15, -0.1) is 0 Å². The molecule has 0 radical (unpaired) electrons. The van der Waals surface area contributed by atoms with E-state index in [9.17, 15) is 13.2 Å². The normalized spacial score (nSPS) is 32.0. The van der Waals surface area contributed by atoms with Crippen molar-refractivity contribution in [3.05, 3.63) is 34.9 Å². The molecule has 0 aromatic heterocycles. The first-order valence-corrected chi connectivity index (χ1v) is 7.97. The SMILES string of the molecule is CC1CCC(C2COC(c3cc(F)c(CF)c(F)c3)OC2)OC1. The molecule has 0 saturated carbocycles. The van der Waals surface area contributed by atoms with Gasteiger partial charge in [-0.3, -0.25) is 0 Å². The smallest absolute Gasteiger partial charge is 0.184 e. The number of halogens is 3. The Bertz CT molecular complexity index is 513. The number of hydrogen-bond donors (Lipinski definition) is 0. The van der Waals surface area contributed by atoms with E-state index in [1.165, 1.54) is 0 Å². The van der Waals surface area contributed by atoms with Crippen molar-refractivity contribution in [2.24, 2.45) is 11.8 Å². The minimum absolute atomic E-state index is 0.106. The van der Waals surface area contributed by atoms with Crippen LogP contribution in [0.3, 0.4) is 0 Å². The summed E-state index contributed by atoms with van der Waals surface area (Å²) in [5.41, 5.74) is -0.332. The summed E-state index contributed by atoms with van der Waals surface area (Å²) in [6.45, 7) is 2.55. The second kappa shape index (κ2) is 7.20. The highest BCUT2D eigenvalue weighted by Crippen LogP contribution is 2.32. The molecule has 2 unspecified atom stereocenters. The Kier molecular flexibility index (Phi) is 5.24. The Morgan fingerprint density at radius 2 is 1.65 bits per heavy atom. The summed E-state index contributed by atoms with van der Waals surface area (Å²) in [4.78, 5) is 0. The molecule has 2 aliphatic heterocycles. The fourth-order valence-electron chi connectivity index (χ4n) is 3.09. The maximum absolute atomic E-state index is 13.7. The topological polar surface area (TPSA) is 27.7 Å². The zero-order chi connectivity index (χ0) is 16.4.